The Labute approximate surface area is 125 Å². The highest BCUT2D eigenvalue weighted by atomic mass is 32.1. The van der Waals surface area contributed by atoms with E-state index in [1.165, 1.54) is 12.0 Å². The Kier molecular flexibility index (Phi) is 8.49. The van der Waals surface area contributed by atoms with E-state index in [4.69, 9.17) is 4.74 Å². The highest BCUT2D eigenvalue weighted by molar-refractivity contribution is 7.12. The molecule has 0 saturated carbocycles. The SMILES string of the molecule is COC(=O)Cc1ccc(CNCCCOCC(C)C)s1. The van der Waals surface area contributed by atoms with Crippen molar-refractivity contribution < 1.29 is 14.3 Å². The lowest BCUT2D eigenvalue weighted by Gasteiger charge is -2.07. The Hall–Kier alpha value is -0.910. The van der Waals surface area contributed by atoms with E-state index in [9.17, 15) is 4.79 Å². The number of hydrogen-bond donors (Lipinski definition) is 1. The van der Waals surface area contributed by atoms with Gasteiger partial charge in [-0.05, 0) is 31.0 Å². The van der Waals surface area contributed by atoms with Crippen molar-refractivity contribution in [1.82, 2.24) is 5.32 Å². The van der Waals surface area contributed by atoms with E-state index >= 15 is 0 Å². The highest BCUT2D eigenvalue weighted by Crippen LogP contribution is 2.17. The van der Waals surface area contributed by atoms with Crippen LogP contribution in [-0.4, -0.2) is 32.8 Å². The van der Waals surface area contributed by atoms with Gasteiger partial charge in [-0.15, -0.1) is 11.3 Å². The smallest absolute Gasteiger partial charge is 0.310 e. The first-order chi connectivity index (χ1) is 9.61. The van der Waals surface area contributed by atoms with Crippen molar-refractivity contribution in [3.8, 4) is 0 Å². The molecule has 1 heterocycles. The molecule has 0 aliphatic carbocycles. The summed E-state index contributed by atoms with van der Waals surface area (Å²) in [5.74, 6) is 0.413. The highest BCUT2D eigenvalue weighted by Gasteiger charge is 2.05. The van der Waals surface area contributed by atoms with Gasteiger partial charge in [0.15, 0.2) is 0 Å². The summed E-state index contributed by atoms with van der Waals surface area (Å²) in [4.78, 5) is 13.4. The monoisotopic (exact) mass is 299 g/mol. The van der Waals surface area contributed by atoms with Crippen LogP contribution in [0.3, 0.4) is 0 Å². The van der Waals surface area contributed by atoms with Crippen molar-refractivity contribution in [3.05, 3.63) is 21.9 Å². The molecule has 0 radical (unpaired) electrons. The quantitative estimate of drug-likeness (QED) is 0.533. The third kappa shape index (κ3) is 7.62. The lowest BCUT2D eigenvalue weighted by molar-refractivity contribution is -0.139. The number of rotatable bonds is 10. The summed E-state index contributed by atoms with van der Waals surface area (Å²) in [5.41, 5.74) is 0. The van der Waals surface area contributed by atoms with Crippen molar-refractivity contribution in [2.75, 3.05) is 26.9 Å². The Morgan fingerprint density at radius 3 is 2.80 bits per heavy atom. The molecule has 1 N–H and O–H groups in total. The Balaban J connectivity index is 2.09. The second kappa shape index (κ2) is 9.91. The standard InChI is InChI=1S/C15H25NO3S/c1-12(2)11-19-8-4-7-16-10-14-6-5-13(20-14)9-15(17)18-3/h5-6,12,16H,4,7-11H2,1-3H3. The van der Waals surface area contributed by atoms with Crippen molar-refractivity contribution in [2.24, 2.45) is 5.92 Å². The van der Waals surface area contributed by atoms with Crippen LogP contribution in [0.2, 0.25) is 0 Å². The van der Waals surface area contributed by atoms with Gasteiger partial charge >= 0.3 is 5.97 Å². The lowest BCUT2D eigenvalue weighted by Crippen LogP contribution is -2.16. The van der Waals surface area contributed by atoms with Crippen LogP contribution in [0.4, 0.5) is 0 Å². The number of carbonyl (C=O) groups excluding carboxylic acids is 1. The summed E-state index contributed by atoms with van der Waals surface area (Å²) in [7, 11) is 1.42. The van der Waals surface area contributed by atoms with E-state index in [1.807, 2.05) is 6.07 Å². The molecule has 0 aromatic carbocycles. The van der Waals surface area contributed by atoms with Crippen LogP contribution in [0.5, 0.6) is 0 Å². The zero-order valence-electron chi connectivity index (χ0n) is 12.6. The van der Waals surface area contributed by atoms with Gasteiger partial charge in [0.25, 0.3) is 0 Å². The molecular weight excluding hydrogens is 274 g/mol. The maximum atomic E-state index is 11.2. The summed E-state index contributed by atoms with van der Waals surface area (Å²) in [6, 6.07) is 4.05. The molecule has 0 saturated heterocycles. The minimum Gasteiger partial charge on any atom is -0.469 e. The molecule has 0 unspecified atom stereocenters. The number of methoxy groups -OCH3 is 1. The topological polar surface area (TPSA) is 47.6 Å². The van der Waals surface area contributed by atoms with Crippen LogP contribution >= 0.6 is 11.3 Å². The predicted octanol–water partition coefficient (Wildman–Crippen LogP) is 2.62. The Morgan fingerprint density at radius 1 is 1.35 bits per heavy atom. The van der Waals surface area contributed by atoms with E-state index in [0.29, 0.717) is 12.3 Å². The van der Waals surface area contributed by atoms with Crippen molar-refractivity contribution in [2.45, 2.75) is 33.2 Å². The molecule has 1 aromatic rings. The van der Waals surface area contributed by atoms with Gasteiger partial charge < -0.3 is 14.8 Å². The number of ether oxygens (including phenoxy) is 2. The maximum absolute atomic E-state index is 11.2. The van der Waals surface area contributed by atoms with Crippen LogP contribution in [-0.2, 0) is 27.2 Å². The first kappa shape index (κ1) is 17.1. The fourth-order valence-corrected chi connectivity index (χ4v) is 2.63. The number of esters is 1. The molecule has 1 aromatic heterocycles. The van der Waals surface area contributed by atoms with E-state index in [2.05, 4.69) is 30.0 Å². The number of nitrogens with one attached hydrogen (secondary N) is 1. The van der Waals surface area contributed by atoms with Crippen molar-refractivity contribution in [3.63, 3.8) is 0 Å². The van der Waals surface area contributed by atoms with Crippen LogP contribution in [0, 0.1) is 5.92 Å². The third-order valence-corrected chi connectivity index (χ3v) is 3.74. The summed E-state index contributed by atoms with van der Waals surface area (Å²) < 4.78 is 10.2. The van der Waals surface area contributed by atoms with Crippen molar-refractivity contribution in [1.29, 1.82) is 0 Å². The van der Waals surface area contributed by atoms with Gasteiger partial charge in [0.2, 0.25) is 0 Å². The van der Waals surface area contributed by atoms with Gasteiger partial charge in [0.1, 0.15) is 0 Å². The molecule has 114 valence electrons. The van der Waals surface area contributed by atoms with Crippen LogP contribution < -0.4 is 5.32 Å². The van der Waals surface area contributed by atoms with Gasteiger partial charge in [0, 0.05) is 29.5 Å². The summed E-state index contributed by atoms with van der Waals surface area (Å²) in [5, 5.41) is 3.38. The summed E-state index contributed by atoms with van der Waals surface area (Å²) >= 11 is 1.65. The molecule has 20 heavy (non-hydrogen) atoms. The molecule has 0 fully saturated rings. The fourth-order valence-electron chi connectivity index (χ4n) is 1.66. The first-order valence-corrected chi connectivity index (χ1v) is 7.86. The van der Waals surface area contributed by atoms with Crippen LogP contribution in [0.15, 0.2) is 12.1 Å². The molecule has 0 spiro atoms. The predicted molar refractivity (Wildman–Crippen MR) is 82.0 cm³/mol. The molecule has 0 bridgehead atoms. The van der Waals surface area contributed by atoms with Crippen LogP contribution in [0.1, 0.15) is 30.0 Å². The minimum atomic E-state index is -0.186. The molecule has 1 rings (SSSR count). The second-order valence-corrected chi connectivity index (χ2v) is 6.37. The molecule has 0 aliphatic heterocycles. The number of carbonyl (C=O) groups is 1. The van der Waals surface area contributed by atoms with E-state index in [-0.39, 0.29) is 5.97 Å². The van der Waals surface area contributed by atoms with Gasteiger partial charge in [-0.1, -0.05) is 13.8 Å². The Bertz CT molecular complexity index is 390. The lowest BCUT2D eigenvalue weighted by atomic mass is 10.2. The largest absolute Gasteiger partial charge is 0.469 e. The van der Waals surface area contributed by atoms with Gasteiger partial charge in [-0.3, -0.25) is 4.79 Å². The maximum Gasteiger partial charge on any atom is 0.310 e. The average molecular weight is 299 g/mol. The average Bonchev–Trinajstić information content (AvgIpc) is 2.84. The normalized spacial score (nSPS) is 11.0. The summed E-state index contributed by atoms with van der Waals surface area (Å²) in [6.07, 6.45) is 1.39. The van der Waals surface area contributed by atoms with E-state index < -0.39 is 0 Å². The van der Waals surface area contributed by atoms with Gasteiger partial charge in [-0.2, -0.15) is 0 Å². The number of hydrogen-bond acceptors (Lipinski definition) is 5. The van der Waals surface area contributed by atoms with E-state index in [0.717, 1.165) is 37.6 Å². The molecule has 5 heteroatoms. The molecular formula is C15H25NO3S. The Morgan fingerprint density at radius 2 is 2.10 bits per heavy atom. The zero-order chi connectivity index (χ0) is 14.8. The minimum absolute atomic E-state index is 0.186. The number of thiophene rings is 1. The second-order valence-electron chi connectivity index (χ2n) is 5.12. The molecule has 4 nitrogen and oxygen atoms in total. The van der Waals surface area contributed by atoms with Crippen molar-refractivity contribution >= 4 is 17.3 Å². The van der Waals surface area contributed by atoms with Gasteiger partial charge in [-0.25, -0.2) is 0 Å². The first-order valence-electron chi connectivity index (χ1n) is 7.04. The van der Waals surface area contributed by atoms with Gasteiger partial charge in [0.05, 0.1) is 13.5 Å². The molecule has 0 atom stereocenters. The third-order valence-electron chi connectivity index (χ3n) is 2.66. The zero-order valence-corrected chi connectivity index (χ0v) is 13.4. The summed E-state index contributed by atoms with van der Waals surface area (Å²) in [6.45, 7) is 7.74. The fraction of sp³-hybridized carbons (Fsp3) is 0.667. The van der Waals surface area contributed by atoms with Crippen LogP contribution in [0.25, 0.3) is 0 Å². The van der Waals surface area contributed by atoms with E-state index in [1.54, 1.807) is 11.3 Å². The molecule has 0 amide bonds. The molecule has 0 aliphatic rings.